The number of nitrogens with zero attached hydrogens (tertiary/aromatic N) is 3. The number of nitrogens with two attached hydrogens (primary N) is 1. The fraction of sp³-hybridized carbons (Fsp3) is 0.0909. The molecule has 0 aliphatic rings. The van der Waals surface area contributed by atoms with E-state index < -0.39 is 4.92 Å². The van der Waals surface area contributed by atoms with E-state index in [1.54, 1.807) is 13.0 Å². The molecule has 0 aliphatic heterocycles. The lowest BCUT2D eigenvalue weighted by atomic mass is 10.1. The van der Waals surface area contributed by atoms with Crippen LogP contribution in [0.3, 0.4) is 0 Å². The highest BCUT2D eigenvalue weighted by molar-refractivity contribution is 5.97. The van der Waals surface area contributed by atoms with Crippen molar-refractivity contribution in [3.05, 3.63) is 45.6 Å². The van der Waals surface area contributed by atoms with Gasteiger partial charge in [-0.15, -0.1) is 5.10 Å². The SMILES string of the molecule is Cc1cc(Oc2ccc(/C(N)=N/O)cc2[N+](=O)[O-])n[nH]1. The molecule has 9 heteroatoms. The van der Waals surface area contributed by atoms with Crippen LogP contribution < -0.4 is 10.5 Å². The minimum atomic E-state index is -0.622. The number of aromatic amines is 1. The zero-order chi connectivity index (χ0) is 14.7. The second-order valence-electron chi connectivity index (χ2n) is 3.92. The summed E-state index contributed by atoms with van der Waals surface area (Å²) < 4.78 is 5.33. The average Bonchev–Trinajstić information content (AvgIpc) is 2.83. The molecule has 0 atom stereocenters. The van der Waals surface area contributed by atoms with Crippen LogP contribution in [-0.2, 0) is 0 Å². The highest BCUT2D eigenvalue weighted by atomic mass is 16.6. The molecule has 0 bridgehead atoms. The summed E-state index contributed by atoms with van der Waals surface area (Å²) in [7, 11) is 0. The van der Waals surface area contributed by atoms with Crippen LogP contribution in [0.15, 0.2) is 29.4 Å². The summed E-state index contributed by atoms with van der Waals surface area (Å²) in [5.41, 5.74) is 6.05. The Hall–Kier alpha value is -3.10. The van der Waals surface area contributed by atoms with E-state index in [2.05, 4.69) is 15.4 Å². The number of nitrogens with one attached hydrogen (secondary N) is 1. The van der Waals surface area contributed by atoms with E-state index in [1.807, 2.05) is 0 Å². The maximum atomic E-state index is 11.0. The lowest BCUT2D eigenvalue weighted by Crippen LogP contribution is -2.13. The van der Waals surface area contributed by atoms with E-state index in [1.165, 1.54) is 12.1 Å². The molecule has 104 valence electrons. The smallest absolute Gasteiger partial charge is 0.312 e. The van der Waals surface area contributed by atoms with Crippen LogP contribution in [0.2, 0.25) is 0 Å². The van der Waals surface area contributed by atoms with E-state index in [0.29, 0.717) is 0 Å². The molecule has 0 radical (unpaired) electrons. The van der Waals surface area contributed by atoms with Gasteiger partial charge in [0, 0.05) is 23.4 Å². The summed E-state index contributed by atoms with van der Waals surface area (Å²) in [5.74, 6) is -0.00611. The Bertz CT molecular complexity index is 679. The Morgan fingerprint density at radius 2 is 2.30 bits per heavy atom. The lowest BCUT2D eigenvalue weighted by molar-refractivity contribution is -0.385. The number of hydrogen-bond acceptors (Lipinski definition) is 6. The van der Waals surface area contributed by atoms with Crippen molar-refractivity contribution in [3.8, 4) is 11.6 Å². The van der Waals surface area contributed by atoms with Gasteiger partial charge in [0.25, 0.3) is 0 Å². The molecule has 20 heavy (non-hydrogen) atoms. The second kappa shape index (κ2) is 5.26. The van der Waals surface area contributed by atoms with E-state index in [-0.39, 0.29) is 28.7 Å². The minimum absolute atomic E-state index is 0.0102. The Labute approximate surface area is 112 Å². The van der Waals surface area contributed by atoms with Gasteiger partial charge in [-0.25, -0.2) is 0 Å². The molecule has 0 fully saturated rings. The van der Waals surface area contributed by atoms with Gasteiger partial charge in [0.1, 0.15) is 0 Å². The molecular formula is C11H11N5O4. The number of aryl methyl sites for hydroxylation is 1. The largest absolute Gasteiger partial charge is 0.430 e. The second-order valence-corrected chi connectivity index (χ2v) is 3.92. The van der Waals surface area contributed by atoms with E-state index in [4.69, 9.17) is 15.7 Å². The van der Waals surface area contributed by atoms with Crippen molar-refractivity contribution < 1.29 is 14.9 Å². The number of benzene rings is 1. The Morgan fingerprint density at radius 1 is 1.55 bits per heavy atom. The fourth-order valence-corrected chi connectivity index (χ4v) is 1.52. The van der Waals surface area contributed by atoms with Crippen molar-refractivity contribution >= 4 is 11.5 Å². The summed E-state index contributed by atoms with van der Waals surface area (Å²) in [6, 6.07) is 5.55. The topological polar surface area (TPSA) is 140 Å². The van der Waals surface area contributed by atoms with Gasteiger partial charge in [-0.3, -0.25) is 15.2 Å². The Morgan fingerprint density at radius 3 is 2.85 bits per heavy atom. The van der Waals surface area contributed by atoms with E-state index in [9.17, 15) is 10.1 Å². The summed E-state index contributed by atoms with van der Waals surface area (Å²) in [5, 5.41) is 28.9. The molecule has 0 unspecified atom stereocenters. The van der Waals surface area contributed by atoms with Crippen molar-refractivity contribution in [2.75, 3.05) is 0 Å². The van der Waals surface area contributed by atoms with Gasteiger partial charge < -0.3 is 15.7 Å². The molecule has 1 aromatic carbocycles. The molecule has 4 N–H and O–H groups in total. The summed E-state index contributed by atoms with van der Waals surface area (Å²) in [6.45, 7) is 1.77. The highest BCUT2D eigenvalue weighted by Gasteiger charge is 2.18. The maximum Gasteiger partial charge on any atom is 0.312 e. The third-order valence-corrected chi connectivity index (χ3v) is 2.46. The number of nitro groups is 1. The van der Waals surface area contributed by atoms with Crippen LogP contribution >= 0.6 is 0 Å². The van der Waals surface area contributed by atoms with Crippen LogP contribution in [0.1, 0.15) is 11.3 Å². The first-order valence-electron chi connectivity index (χ1n) is 5.47. The van der Waals surface area contributed by atoms with E-state index in [0.717, 1.165) is 11.8 Å². The number of hydrogen-bond donors (Lipinski definition) is 3. The van der Waals surface area contributed by atoms with Gasteiger partial charge in [0.2, 0.25) is 11.6 Å². The Kier molecular flexibility index (Phi) is 3.51. The molecule has 0 aliphatic carbocycles. The van der Waals surface area contributed by atoms with Crippen molar-refractivity contribution in [2.24, 2.45) is 10.9 Å². The molecule has 0 saturated carbocycles. The molecule has 1 aromatic heterocycles. The van der Waals surface area contributed by atoms with Crippen LogP contribution in [-0.4, -0.2) is 26.2 Å². The van der Waals surface area contributed by atoms with Crippen LogP contribution in [0, 0.1) is 17.0 Å². The third-order valence-electron chi connectivity index (χ3n) is 2.46. The number of H-pyrrole nitrogens is 1. The first-order chi connectivity index (χ1) is 9.51. The standard InChI is InChI=1S/C11H11N5O4/c1-6-4-10(14-13-6)20-9-3-2-7(11(12)15-17)5-8(9)16(18)19/h2-5,17H,1H3,(H2,12,15)(H,13,14). The van der Waals surface area contributed by atoms with Crippen molar-refractivity contribution in [2.45, 2.75) is 6.92 Å². The van der Waals surface area contributed by atoms with Crippen molar-refractivity contribution in [3.63, 3.8) is 0 Å². The predicted molar refractivity (Wildman–Crippen MR) is 69.0 cm³/mol. The molecule has 0 spiro atoms. The van der Waals surface area contributed by atoms with Gasteiger partial charge in [0.15, 0.2) is 5.84 Å². The van der Waals surface area contributed by atoms with E-state index >= 15 is 0 Å². The first kappa shape index (κ1) is 13.3. The monoisotopic (exact) mass is 277 g/mol. The zero-order valence-corrected chi connectivity index (χ0v) is 10.4. The number of ether oxygens (including phenoxy) is 1. The first-order valence-corrected chi connectivity index (χ1v) is 5.47. The predicted octanol–water partition coefficient (Wildman–Crippen LogP) is 1.51. The average molecular weight is 277 g/mol. The van der Waals surface area contributed by atoms with Crippen LogP contribution in [0.5, 0.6) is 11.6 Å². The normalized spacial score (nSPS) is 11.3. The zero-order valence-electron chi connectivity index (χ0n) is 10.4. The molecule has 2 rings (SSSR count). The molecule has 1 heterocycles. The molecule has 0 amide bonds. The number of nitro benzene ring substituents is 1. The summed E-state index contributed by atoms with van der Waals surface area (Å²) in [6.07, 6.45) is 0. The lowest BCUT2D eigenvalue weighted by Gasteiger charge is -2.05. The summed E-state index contributed by atoms with van der Waals surface area (Å²) in [4.78, 5) is 10.4. The number of rotatable bonds is 4. The van der Waals surface area contributed by atoms with Crippen molar-refractivity contribution in [1.29, 1.82) is 0 Å². The number of amidine groups is 1. The third kappa shape index (κ3) is 2.66. The highest BCUT2D eigenvalue weighted by Crippen LogP contribution is 2.31. The number of aromatic nitrogens is 2. The van der Waals surface area contributed by atoms with Gasteiger partial charge in [-0.2, -0.15) is 0 Å². The van der Waals surface area contributed by atoms with Crippen LogP contribution in [0.25, 0.3) is 0 Å². The van der Waals surface area contributed by atoms with Gasteiger partial charge in [-0.1, -0.05) is 5.16 Å². The molecule has 9 nitrogen and oxygen atoms in total. The number of oxime groups is 1. The van der Waals surface area contributed by atoms with Gasteiger partial charge in [-0.05, 0) is 19.1 Å². The minimum Gasteiger partial charge on any atom is -0.430 e. The molecular weight excluding hydrogens is 266 g/mol. The maximum absolute atomic E-state index is 11.0. The van der Waals surface area contributed by atoms with Gasteiger partial charge in [0.05, 0.1) is 4.92 Å². The molecule has 0 saturated heterocycles. The van der Waals surface area contributed by atoms with Crippen molar-refractivity contribution in [1.82, 2.24) is 10.2 Å². The molecule has 2 aromatic rings. The fourth-order valence-electron chi connectivity index (χ4n) is 1.52. The van der Waals surface area contributed by atoms with Gasteiger partial charge >= 0.3 is 5.69 Å². The summed E-state index contributed by atoms with van der Waals surface area (Å²) >= 11 is 0. The van der Waals surface area contributed by atoms with Crippen LogP contribution in [0.4, 0.5) is 5.69 Å². The Balaban J connectivity index is 2.40. The quantitative estimate of drug-likeness (QED) is 0.254.